The monoisotopic (exact) mass is 676 g/mol. The van der Waals surface area contributed by atoms with Gasteiger partial charge in [-0.05, 0) is 68.1 Å². The molecule has 1 aliphatic rings. The predicted octanol–water partition coefficient (Wildman–Crippen LogP) is 7.21. The van der Waals surface area contributed by atoms with Gasteiger partial charge in [-0.2, -0.15) is 0 Å². The van der Waals surface area contributed by atoms with Crippen LogP contribution in [-0.4, -0.2) is 70.6 Å². The van der Waals surface area contributed by atoms with Crippen molar-refractivity contribution in [2.45, 2.75) is 32.5 Å². The second-order valence-corrected chi connectivity index (χ2v) is 13.3. The molecule has 6 rings (SSSR count). The maximum atomic E-state index is 13.9. The van der Waals surface area contributed by atoms with Crippen LogP contribution in [0.25, 0.3) is 10.6 Å². The summed E-state index contributed by atoms with van der Waals surface area (Å²) in [6.45, 7) is 5.34. The summed E-state index contributed by atoms with van der Waals surface area (Å²) in [6.07, 6.45) is 1.42. The molecule has 49 heavy (non-hydrogen) atoms. The number of aliphatic hydroxyl groups is 1. The van der Waals surface area contributed by atoms with Crippen LogP contribution in [0.5, 0.6) is 17.2 Å². The Labute approximate surface area is 290 Å². The SMILES string of the molecule is C[C@H](CO)N1C[C@H](C)[C@@H](CN(C)Cc2ccc(Oc3ccccc3)cc2)Oc2c(NC(=O)c3ccc(-c4nccs4)cc3)cccc2C1=O. The van der Waals surface area contributed by atoms with Crippen LogP contribution in [-0.2, 0) is 6.54 Å². The van der Waals surface area contributed by atoms with E-state index in [1.165, 1.54) is 11.3 Å². The van der Waals surface area contributed by atoms with Gasteiger partial charge in [-0.15, -0.1) is 11.3 Å². The number of rotatable bonds is 11. The normalized spacial score (nSPS) is 16.7. The van der Waals surface area contributed by atoms with E-state index in [0.717, 1.165) is 27.6 Å². The highest BCUT2D eigenvalue weighted by Crippen LogP contribution is 2.35. The summed E-state index contributed by atoms with van der Waals surface area (Å²) in [5.74, 6) is 1.21. The van der Waals surface area contributed by atoms with Crippen molar-refractivity contribution in [3.05, 3.63) is 125 Å². The molecule has 0 spiro atoms. The standard InChI is InChI=1S/C39H40N4O5S/c1-26-22-43(27(2)25-44)39(46)33-10-7-11-34(41-37(45)29-14-16-30(17-15-29)38-40-20-21-49-38)36(33)48-35(26)24-42(3)23-28-12-18-32(19-13-28)47-31-8-5-4-6-9-31/h4-21,26-27,35,44H,22-25H2,1-3H3,(H,41,45)/t26-,27+,35+/m0/s1. The molecule has 0 saturated heterocycles. The molecule has 0 aliphatic carbocycles. The van der Waals surface area contributed by atoms with Crippen LogP contribution in [0.4, 0.5) is 5.69 Å². The van der Waals surface area contributed by atoms with Crippen LogP contribution in [0, 0.1) is 5.92 Å². The summed E-state index contributed by atoms with van der Waals surface area (Å²) in [4.78, 5) is 35.6. The zero-order chi connectivity index (χ0) is 34.3. The van der Waals surface area contributed by atoms with E-state index in [2.05, 4.69) is 22.1 Å². The fourth-order valence-corrected chi connectivity index (χ4v) is 6.50. The summed E-state index contributed by atoms with van der Waals surface area (Å²) in [6, 6.07) is 29.8. The minimum absolute atomic E-state index is 0.0858. The van der Waals surface area contributed by atoms with Gasteiger partial charge in [0.25, 0.3) is 11.8 Å². The molecule has 0 unspecified atom stereocenters. The topological polar surface area (TPSA) is 104 Å². The number of anilines is 1. The Bertz CT molecular complexity index is 1850. The summed E-state index contributed by atoms with van der Waals surface area (Å²) < 4.78 is 12.7. The second kappa shape index (κ2) is 15.5. The molecule has 2 heterocycles. The Morgan fingerprint density at radius 2 is 1.78 bits per heavy atom. The van der Waals surface area contributed by atoms with Crippen molar-refractivity contribution < 1.29 is 24.2 Å². The third kappa shape index (κ3) is 8.17. The fraction of sp³-hybridized carbons (Fsp3) is 0.256. The fourth-order valence-electron chi connectivity index (χ4n) is 5.86. The van der Waals surface area contributed by atoms with E-state index in [1.807, 2.05) is 86.1 Å². The van der Waals surface area contributed by atoms with E-state index < -0.39 is 6.04 Å². The average Bonchev–Trinajstić information content (AvgIpc) is 3.66. The van der Waals surface area contributed by atoms with E-state index in [0.29, 0.717) is 42.2 Å². The highest BCUT2D eigenvalue weighted by Gasteiger charge is 2.34. The van der Waals surface area contributed by atoms with E-state index >= 15 is 0 Å². The number of thiazole rings is 1. The molecular weight excluding hydrogens is 637 g/mol. The maximum absolute atomic E-state index is 13.9. The van der Waals surface area contributed by atoms with Crippen molar-refractivity contribution in [3.8, 4) is 27.8 Å². The van der Waals surface area contributed by atoms with Crippen LogP contribution in [0.3, 0.4) is 0 Å². The third-order valence-corrected chi connectivity index (χ3v) is 9.43. The van der Waals surface area contributed by atoms with Crippen LogP contribution in [0.1, 0.15) is 40.1 Å². The molecular formula is C39H40N4O5S. The number of benzene rings is 4. The minimum Gasteiger partial charge on any atom is -0.486 e. The smallest absolute Gasteiger partial charge is 0.258 e. The first-order valence-corrected chi connectivity index (χ1v) is 17.2. The van der Waals surface area contributed by atoms with Gasteiger partial charge in [-0.1, -0.05) is 55.5 Å². The first-order chi connectivity index (χ1) is 23.8. The van der Waals surface area contributed by atoms with Crippen molar-refractivity contribution in [3.63, 3.8) is 0 Å². The zero-order valence-electron chi connectivity index (χ0n) is 27.8. The number of carbonyl (C=O) groups excluding carboxylic acids is 2. The van der Waals surface area contributed by atoms with E-state index in [4.69, 9.17) is 9.47 Å². The molecule has 3 atom stereocenters. The molecule has 0 saturated carbocycles. The van der Waals surface area contributed by atoms with Gasteiger partial charge in [0, 0.05) is 48.3 Å². The van der Waals surface area contributed by atoms with E-state index in [9.17, 15) is 14.7 Å². The number of ether oxygens (including phenoxy) is 2. The summed E-state index contributed by atoms with van der Waals surface area (Å²) >= 11 is 1.53. The highest BCUT2D eigenvalue weighted by atomic mass is 32.1. The number of hydrogen-bond donors (Lipinski definition) is 2. The molecule has 0 bridgehead atoms. The molecule has 10 heteroatoms. The lowest BCUT2D eigenvalue weighted by molar-refractivity contribution is 0.0343. The Balaban J connectivity index is 1.21. The Morgan fingerprint density at radius 3 is 2.47 bits per heavy atom. The number of para-hydroxylation sites is 2. The predicted molar refractivity (Wildman–Crippen MR) is 192 cm³/mol. The zero-order valence-corrected chi connectivity index (χ0v) is 28.6. The Kier molecular flexibility index (Phi) is 10.7. The van der Waals surface area contributed by atoms with Crippen molar-refractivity contribution in [1.82, 2.24) is 14.8 Å². The second-order valence-electron chi connectivity index (χ2n) is 12.4. The van der Waals surface area contributed by atoms with Crippen molar-refractivity contribution >= 4 is 28.8 Å². The number of aromatic nitrogens is 1. The molecule has 1 aromatic heterocycles. The van der Waals surface area contributed by atoms with Gasteiger partial charge >= 0.3 is 0 Å². The number of fused-ring (bicyclic) bond motifs is 1. The molecule has 0 radical (unpaired) electrons. The number of aliphatic hydroxyl groups excluding tert-OH is 1. The summed E-state index contributed by atoms with van der Waals surface area (Å²) in [5, 5.41) is 15.8. The lowest BCUT2D eigenvalue weighted by atomic mass is 9.98. The van der Waals surface area contributed by atoms with Crippen LogP contribution < -0.4 is 14.8 Å². The van der Waals surface area contributed by atoms with Gasteiger partial charge in [0.1, 0.15) is 22.6 Å². The average molecular weight is 677 g/mol. The van der Waals surface area contributed by atoms with E-state index in [1.54, 1.807) is 41.4 Å². The lowest BCUT2D eigenvalue weighted by Crippen LogP contribution is -2.49. The van der Waals surface area contributed by atoms with Crippen molar-refractivity contribution in [2.75, 3.05) is 32.1 Å². The molecule has 4 aromatic carbocycles. The Morgan fingerprint density at radius 1 is 1.04 bits per heavy atom. The molecule has 9 nitrogen and oxygen atoms in total. The number of nitrogens with zero attached hydrogens (tertiary/aromatic N) is 3. The van der Waals surface area contributed by atoms with Gasteiger partial charge in [0.05, 0.1) is 23.9 Å². The summed E-state index contributed by atoms with van der Waals surface area (Å²) in [5.41, 5.74) is 3.26. The van der Waals surface area contributed by atoms with Gasteiger partial charge in [0.15, 0.2) is 5.75 Å². The van der Waals surface area contributed by atoms with Gasteiger partial charge < -0.3 is 24.8 Å². The van der Waals surface area contributed by atoms with Crippen LogP contribution in [0.15, 0.2) is 109 Å². The molecule has 252 valence electrons. The van der Waals surface area contributed by atoms with Crippen LogP contribution in [0.2, 0.25) is 0 Å². The number of nitrogens with one attached hydrogen (secondary N) is 1. The molecule has 2 amide bonds. The van der Waals surface area contributed by atoms with Gasteiger partial charge in [-0.25, -0.2) is 4.98 Å². The molecule has 1 aliphatic heterocycles. The highest BCUT2D eigenvalue weighted by molar-refractivity contribution is 7.13. The Hall–Kier alpha value is -5.03. The summed E-state index contributed by atoms with van der Waals surface area (Å²) in [7, 11) is 2.03. The minimum atomic E-state index is -0.398. The molecule has 2 N–H and O–H groups in total. The number of carbonyl (C=O) groups is 2. The van der Waals surface area contributed by atoms with Crippen LogP contribution >= 0.6 is 11.3 Å². The first-order valence-electron chi connectivity index (χ1n) is 16.3. The van der Waals surface area contributed by atoms with Gasteiger partial charge in [0.2, 0.25) is 0 Å². The number of amides is 2. The number of hydrogen-bond acceptors (Lipinski definition) is 8. The molecule has 0 fully saturated rings. The first kappa shape index (κ1) is 33.9. The van der Waals surface area contributed by atoms with Crippen molar-refractivity contribution in [2.24, 2.45) is 5.92 Å². The third-order valence-electron chi connectivity index (χ3n) is 8.61. The van der Waals surface area contributed by atoms with Crippen molar-refractivity contribution in [1.29, 1.82) is 0 Å². The van der Waals surface area contributed by atoms with Gasteiger partial charge in [-0.3, -0.25) is 14.5 Å². The quantitative estimate of drug-likeness (QED) is 0.152. The largest absolute Gasteiger partial charge is 0.486 e. The molecule has 5 aromatic rings. The lowest BCUT2D eigenvalue weighted by Gasteiger charge is -2.38. The maximum Gasteiger partial charge on any atom is 0.258 e. The van der Waals surface area contributed by atoms with E-state index in [-0.39, 0.29) is 30.4 Å². The number of likely N-dealkylation sites (N-methyl/N-ethyl adjacent to an activating group) is 1.